The second-order valence-corrected chi connectivity index (χ2v) is 5.18. The molecular formula is C14H20N2O. The van der Waals surface area contributed by atoms with E-state index in [4.69, 9.17) is 5.73 Å². The van der Waals surface area contributed by atoms with Crippen LogP contribution in [0.25, 0.3) is 0 Å². The largest absolute Gasteiger partial charge is 0.399 e. The molecule has 0 spiro atoms. The number of hydrogen-bond acceptors (Lipinski definition) is 2. The van der Waals surface area contributed by atoms with Gasteiger partial charge in [0.1, 0.15) is 0 Å². The van der Waals surface area contributed by atoms with Crippen molar-refractivity contribution in [3.8, 4) is 0 Å². The predicted octanol–water partition coefficient (Wildman–Crippen LogP) is 1.93. The van der Waals surface area contributed by atoms with E-state index < -0.39 is 0 Å². The highest BCUT2D eigenvalue weighted by molar-refractivity contribution is 5.79. The first-order chi connectivity index (χ1) is 8.06. The lowest BCUT2D eigenvalue weighted by Gasteiger charge is -2.16. The first-order valence-corrected chi connectivity index (χ1v) is 6.18. The Hall–Kier alpha value is -1.51. The molecule has 2 rings (SSSR count). The van der Waals surface area contributed by atoms with Gasteiger partial charge in [0.2, 0.25) is 5.91 Å². The summed E-state index contributed by atoms with van der Waals surface area (Å²) in [6.45, 7) is 6.20. The summed E-state index contributed by atoms with van der Waals surface area (Å²) in [6.07, 6.45) is 0.463. The highest BCUT2D eigenvalue weighted by atomic mass is 16.2. The smallest absolute Gasteiger partial charge is 0.227 e. The Morgan fingerprint density at radius 2 is 2.00 bits per heavy atom. The molecule has 2 atom stereocenters. The molecule has 0 aliphatic carbocycles. The number of nitrogen functional groups attached to an aromatic ring is 1. The number of anilines is 1. The summed E-state index contributed by atoms with van der Waals surface area (Å²) in [4.78, 5) is 14.1. The van der Waals surface area contributed by atoms with Crippen molar-refractivity contribution in [1.82, 2.24) is 4.90 Å². The molecule has 0 bridgehead atoms. The highest BCUT2D eigenvalue weighted by Crippen LogP contribution is 2.22. The van der Waals surface area contributed by atoms with Crippen molar-refractivity contribution in [2.24, 2.45) is 11.8 Å². The van der Waals surface area contributed by atoms with Gasteiger partial charge in [0.25, 0.3) is 0 Å². The van der Waals surface area contributed by atoms with Gasteiger partial charge < -0.3 is 10.6 Å². The van der Waals surface area contributed by atoms with Crippen molar-refractivity contribution >= 4 is 11.6 Å². The minimum Gasteiger partial charge on any atom is -0.399 e. The average molecular weight is 232 g/mol. The molecule has 1 heterocycles. The monoisotopic (exact) mass is 232 g/mol. The van der Waals surface area contributed by atoms with Gasteiger partial charge in [0.15, 0.2) is 0 Å². The Labute approximate surface area is 103 Å². The summed E-state index contributed by atoms with van der Waals surface area (Å²) in [5, 5.41) is 0. The van der Waals surface area contributed by atoms with Crippen molar-refractivity contribution in [2.75, 3.05) is 18.8 Å². The Morgan fingerprint density at radius 1 is 1.35 bits per heavy atom. The number of carbonyl (C=O) groups excluding carboxylic acids is 1. The second-order valence-electron chi connectivity index (χ2n) is 5.18. The highest BCUT2D eigenvalue weighted by Gasteiger charge is 2.28. The van der Waals surface area contributed by atoms with Gasteiger partial charge in [-0.3, -0.25) is 4.79 Å². The molecule has 1 amide bonds. The summed E-state index contributed by atoms with van der Waals surface area (Å²) >= 11 is 0. The Balaban J connectivity index is 1.98. The van der Waals surface area contributed by atoms with Crippen LogP contribution in [-0.4, -0.2) is 23.9 Å². The Morgan fingerprint density at radius 3 is 2.59 bits per heavy atom. The molecule has 1 saturated heterocycles. The van der Waals surface area contributed by atoms with Gasteiger partial charge in [-0.15, -0.1) is 0 Å². The Bertz CT molecular complexity index is 406. The van der Waals surface area contributed by atoms with Gasteiger partial charge in [-0.05, 0) is 29.5 Å². The van der Waals surface area contributed by atoms with E-state index >= 15 is 0 Å². The van der Waals surface area contributed by atoms with Crippen LogP contribution >= 0.6 is 0 Å². The van der Waals surface area contributed by atoms with Crippen molar-refractivity contribution in [2.45, 2.75) is 20.3 Å². The topological polar surface area (TPSA) is 46.3 Å². The Kier molecular flexibility index (Phi) is 3.36. The number of carbonyl (C=O) groups is 1. The van der Waals surface area contributed by atoms with E-state index in [0.29, 0.717) is 18.3 Å². The molecule has 3 nitrogen and oxygen atoms in total. The third kappa shape index (κ3) is 2.78. The molecule has 1 aromatic carbocycles. The van der Waals surface area contributed by atoms with Gasteiger partial charge in [-0.25, -0.2) is 0 Å². The minimum atomic E-state index is 0.215. The third-order valence-electron chi connectivity index (χ3n) is 3.65. The number of nitrogens with two attached hydrogens (primary N) is 1. The lowest BCUT2D eigenvalue weighted by Crippen LogP contribution is -2.30. The zero-order valence-corrected chi connectivity index (χ0v) is 10.5. The summed E-state index contributed by atoms with van der Waals surface area (Å²) in [7, 11) is 0. The van der Waals surface area contributed by atoms with Crippen molar-refractivity contribution in [3.63, 3.8) is 0 Å². The number of rotatable bonds is 2. The second kappa shape index (κ2) is 4.78. The van der Waals surface area contributed by atoms with Crippen molar-refractivity contribution in [1.29, 1.82) is 0 Å². The van der Waals surface area contributed by atoms with Crippen LogP contribution in [0.3, 0.4) is 0 Å². The molecule has 1 aliphatic heterocycles. The number of amides is 1. The van der Waals surface area contributed by atoms with Crippen LogP contribution in [0.5, 0.6) is 0 Å². The van der Waals surface area contributed by atoms with Gasteiger partial charge in [0.05, 0.1) is 6.42 Å². The lowest BCUT2D eigenvalue weighted by molar-refractivity contribution is -0.129. The molecule has 1 aliphatic rings. The maximum absolute atomic E-state index is 12.1. The van der Waals surface area contributed by atoms with E-state index in [0.717, 1.165) is 24.3 Å². The van der Waals surface area contributed by atoms with Gasteiger partial charge in [-0.2, -0.15) is 0 Å². The fourth-order valence-electron chi connectivity index (χ4n) is 2.32. The van der Waals surface area contributed by atoms with E-state index in [-0.39, 0.29) is 5.91 Å². The SMILES string of the molecule is CC1CN(C(=O)Cc2cccc(N)c2)CC1C. The van der Waals surface area contributed by atoms with Gasteiger partial charge in [-0.1, -0.05) is 26.0 Å². The summed E-state index contributed by atoms with van der Waals surface area (Å²) in [5.74, 6) is 1.44. The molecular weight excluding hydrogens is 212 g/mol. The van der Waals surface area contributed by atoms with Crippen LogP contribution in [0.15, 0.2) is 24.3 Å². The number of nitrogens with zero attached hydrogens (tertiary/aromatic N) is 1. The minimum absolute atomic E-state index is 0.215. The number of likely N-dealkylation sites (tertiary alicyclic amines) is 1. The standard InChI is InChI=1S/C14H20N2O/c1-10-8-16(9-11(10)2)14(17)7-12-4-3-5-13(15)6-12/h3-6,10-11H,7-9,15H2,1-2H3. The van der Waals surface area contributed by atoms with Crippen LogP contribution in [0.4, 0.5) is 5.69 Å². The first-order valence-electron chi connectivity index (χ1n) is 6.18. The summed E-state index contributed by atoms with van der Waals surface area (Å²) in [5.41, 5.74) is 7.43. The van der Waals surface area contributed by atoms with Crippen LogP contribution in [0.1, 0.15) is 19.4 Å². The van der Waals surface area contributed by atoms with Crippen molar-refractivity contribution < 1.29 is 4.79 Å². The van der Waals surface area contributed by atoms with E-state index in [9.17, 15) is 4.79 Å². The summed E-state index contributed by atoms with van der Waals surface area (Å²) in [6, 6.07) is 7.57. The molecule has 2 N–H and O–H groups in total. The number of benzene rings is 1. The van der Waals surface area contributed by atoms with Gasteiger partial charge in [0, 0.05) is 18.8 Å². The first kappa shape index (κ1) is 12.0. The molecule has 92 valence electrons. The zero-order valence-electron chi connectivity index (χ0n) is 10.5. The van der Waals surface area contributed by atoms with E-state index in [1.54, 1.807) is 0 Å². The quantitative estimate of drug-likeness (QED) is 0.792. The molecule has 0 radical (unpaired) electrons. The fraction of sp³-hybridized carbons (Fsp3) is 0.500. The molecule has 0 aromatic heterocycles. The fourth-order valence-corrected chi connectivity index (χ4v) is 2.32. The molecule has 1 fully saturated rings. The maximum Gasteiger partial charge on any atom is 0.227 e. The molecule has 2 unspecified atom stereocenters. The number of hydrogen-bond donors (Lipinski definition) is 1. The van der Waals surface area contributed by atoms with E-state index in [2.05, 4.69) is 13.8 Å². The van der Waals surface area contributed by atoms with Crippen LogP contribution in [0, 0.1) is 11.8 Å². The molecule has 1 aromatic rings. The third-order valence-corrected chi connectivity index (χ3v) is 3.65. The van der Waals surface area contributed by atoms with Crippen LogP contribution in [0.2, 0.25) is 0 Å². The van der Waals surface area contributed by atoms with Gasteiger partial charge >= 0.3 is 0 Å². The lowest BCUT2D eigenvalue weighted by atomic mass is 10.0. The van der Waals surface area contributed by atoms with Crippen molar-refractivity contribution in [3.05, 3.63) is 29.8 Å². The maximum atomic E-state index is 12.1. The molecule has 0 saturated carbocycles. The molecule has 3 heteroatoms. The summed E-state index contributed by atoms with van der Waals surface area (Å²) < 4.78 is 0. The predicted molar refractivity (Wildman–Crippen MR) is 69.5 cm³/mol. The zero-order chi connectivity index (χ0) is 12.4. The van der Waals surface area contributed by atoms with Crippen LogP contribution < -0.4 is 5.73 Å². The normalized spacial score (nSPS) is 24.0. The van der Waals surface area contributed by atoms with Crippen LogP contribution in [-0.2, 0) is 11.2 Å². The molecule has 17 heavy (non-hydrogen) atoms. The van der Waals surface area contributed by atoms with E-state index in [1.165, 1.54) is 0 Å². The van der Waals surface area contributed by atoms with E-state index in [1.807, 2.05) is 29.2 Å². The average Bonchev–Trinajstić information content (AvgIpc) is 2.59.